The lowest BCUT2D eigenvalue weighted by atomic mass is 10.1. The van der Waals surface area contributed by atoms with Crippen LogP contribution in [0.1, 0.15) is 133 Å². The Balaban J connectivity index is 1.51. The van der Waals surface area contributed by atoms with E-state index < -0.39 is 5.97 Å². The van der Waals surface area contributed by atoms with Crippen LogP contribution in [-0.2, 0) is 33.3 Å². The maximum atomic E-state index is 12.8. The van der Waals surface area contributed by atoms with E-state index in [1.54, 1.807) is 25.3 Å². The Morgan fingerprint density at radius 2 is 1.30 bits per heavy atom. The normalized spacial score (nSPS) is 14.4. The van der Waals surface area contributed by atoms with E-state index in [-0.39, 0.29) is 31.1 Å². The average Bonchev–Trinajstić information content (AvgIpc) is 3.08. The lowest BCUT2D eigenvalue weighted by molar-refractivity contribution is -0.162. The molecule has 1 heterocycles. The van der Waals surface area contributed by atoms with Crippen LogP contribution in [0, 0.1) is 0 Å². The fraction of sp³-hybridized carbons (Fsp3) is 0.750. The van der Waals surface area contributed by atoms with Gasteiger partial charge in [-0.05, 0) is 88.8 Å². The highest BCUT2D eigenvalue weighted by Crippen LogP contribution is 2.26. The smallest absolute Gasteiger partial charge is 0.342 e. The van der Waals surface area contributed by atoms with Gasteiger partial charge in [0.25, 0.3) is 0 Å². The van der Waals surface area contributed by atoms with Crippen LogP contribution in [0.5, 0.6) is 11.5 Å². The molecule has 1 aliphatic heterocycles. The number of methoxy groups -OCH3 is 1. The van der Waals surface area contributed by atoms with Crippen molar-refractivity contribution in [3.63, 3.8) is 0 Å². The highest BCUT2D eigenvalue weighted by molar-refractivity contribution is 5.93. The lowest BCUT2D eigenvalue weighted by Gasteiger charge is -2.22. The second-order valence-corrected chi connectivity index (χ2v) is 11.7. The van der Waals surface area contributed by atoms with Crippen LogP contribution in [0.15, 0.2) is 18.2 Å². The van der Waals surface area contributed by atoms with Crippen LogP contribution in [0.4, 0.5) is 0 Å². The third-order valence-corrected chi connectivity index (χ3v) is 7.72. The van der Waals surface area contributed by atoms with Crippen LogP contribution in [-0.4, -0.2) is 70.9 Å². The Morgan fingerprint density at radius 1 is 0.717 bits per heavy atom. The fourth-order valence-electron chi connectivity index (χ4n) is 4.95. The number of hydrogen-bond donors (Lipinski definition) is 0. The zero-order valence-corrected chi connectivity index (χ0v) is 28.4. The molecule has 0 aliphatic carbocycles. The van der Waals surface area contributed by atoms with Crippen molar-refractivity contribution in [3.8, 4) is 11.5 Å². The number of carbonyl (C=O) groups excluding carboxylic acids is 3. The molecule has 0 aromatic heterocycles. The van der Waals surface area contributed by atoms with Crippen molar-refractivity contribution in [2.45, 2.75) is 129 Å². The predicted molar refractivity (Wildman–Crippen MR) is 175 cm³/mol. The van der Waals surface area contributed by atoms with Gasteiger partial charge < -0.3 is 33.2 Å². The minimum absolute atomic E-state index is 0.0428. The molecule has 1 aliphatic rings. The van der Waals surface area contributed by atoms with Crippen molar-refractivity contribution in [1.29, 1.82) is 0 Å². The van der Waals surface area contributed by atoms with E-state index in [0.717, 1.165) is 90.1 Å². The minimum atomic E-state index is -0.427. The second kappa shape index (κ2) is 26.2. The summed E-state index contributed by atoms with van der Waals surface area (Å²) >= 11 is 0. The molecule has 0 N–H and O–H groups in total. The maximum Gasteiger partial charge on any atom is 0.342 e. The van der Waals surface area contributed by atoms with Crippen molar-refractivity contribution >= 4 is 17.9 Å². The number of unbranched alkanes of at least 4 members (excludes halogenated alkanes) is 10. The molecule has 1 atom stereocenters. The van der Waals surface area contributed by atoms with Crippen LogP contribution in [0.2, 0.25) is 0 Å². The number of benzene rings is 1. The monoisotopic (exact) mass is 650 g/mol. The molecule has 0 radical (unpaired) electrons. The first-order valence-corrected chi connectivity index (χ1v) is 17.6. The van der Waals surface area contributed by atoms with Crippen molar-refractivity contribution in [3.05, 3.63) is 23.8 Å². The molecular formula is C36H58O10. The summed E-state index contributed by atoms with van der Waals surface area (Å²) in [6.07, 6.45) is 15.8. The Hall–Kier alpha value is -2.85. The summed E-state index contributed by atoms with van der Waals surface area (Å²) in [6.45, 7) is 5.17. The Labute approximate surface area is 276 Å². The predicted octanol–water partition coefficient (Wildman–Crippen LogP) is 7.73. The second-order valence-electron chi connectivity index (χ2n) is 11.7. The molecule has 1 fully saturated rings. The third-order valence-electron chi connectivity index (χ3n) is 7.72. The van der Waals surface area contributed by atoms with E-state index in [4.69, 9.17) is 33.2 Å². The number of rotatable bonds is 27. The van der Waals surface area contributed by atoms with Gasteiger partial charge in [-0.1, -0.05) is 39.0 Å². The molecule has 0 amide bonds. The van der Waals surface area contributed by atoms with Crippen molar-refractivity contribution in [2.75, 3.05) is 46.8 Å². The van der Waals surface area contributed by atoms with Crippen LogP contribution in [0.3, 0.4) is 0 Å². The Bertz CT molecular complexity index is 960. The fourth-order valence-corrected chi connectivity index (χ4v) is 4.95. The number of carbonyl (C=O) groups is 3. The minimum Gasteiger partial charge on any atom is -0.497 e. The Morgan fingerprint density at radius 3 is 1.89 bits per heavy atom. The summed E-state index contributed by atoms with van der Waals surface area (Å²) in [4.78, 5) is 36.5. The molecule has 1 saturated heterocycles. The summed E-state index contributed by atoms with van der Waals surface area (Å²) in [7, 11) is 1.55. The standard InChI is InChI=1S/C36H58O10/c1-3-4-5-6-13-24-42-33(37)21-22-34(38)43-25-14-8-7-12-23-41-32-20-19-30(40-2)29-31(32)36(39)46-28-16-10-9-15-26-44-35-18-11-17-27-45-35/h19-20,29,35H,3-18,21-28H2,1-2H3. The van der Waals surface area contributed by atoms with Crippen LogP contribution in [0.25, 0.3) is 0 Å². The molecule has 0 saturated carbocycles. The topological polar surface area (TPSA) is 116 Å². The molecule has 46 heavy (non-hydrogen) atoms. The van der Waals surface area contributed by atoms with Crippen molar-refractivity contribution in [1.82, 2.24) is 0 Å². The van der Waals surface area contributed by atoms with E-state index in [1.807, 2.05) is 0 Å². The zero-order valence-electron chi connectivity index (χ0n) is 28.4. The van der Waals surface area contributed by atoms with Gasteiger partial charge in [0.1, 0.15) is 17.1 Å². The maximum absolute atomic E-state index is 12.8. The molecule has 2 rings (SSSR count). The van der Waals surface area contributed by atoms with Crippen LogP contribution < -0.4 is 9.47 Å². The highest BCUT2D eigenvalue weighted by Gasteiger charge is 2.16. The molecule has 1 aromatic carbocycles. The lowest BCUT2D eigenvalue weighted by Crippen LogP contribution is -2.22. The van der Waals surface area contributed by atoms with E-state index in [9.17, 15) is 14.4 Å². The molecule has 1 aromatic rings. The first-order valence-electron chi connectivity index (χ1n) is 17.6. The summed E-state index contributed by atoms with van der Waals surface area (Å²) in [5.41, 5.74) is 0.350. The zero-order chi connectivity index (χ0) is 33.1. The number of ether oxygens (including phenoxy) is 7. The quantitative estimate of drug-likeness (QED) is 0.0532. The van der Waals surface area contributed by atoms with Gasteiger partial charge in [0.15, 0.2) is 6.29 Å². The third kappa shape index (κ3) is 19.0. The van der Waals surface area contributed by atoms with Crippen molar-refractivity contribution in [2.24, 2.45) is 0 Å². The Kier molecular flexibility index (Phi) is 22.4. The molecule has 10 heteroatoms. The summed E-state index contributed by atoms with van der Waals surface area (Å²) in [5, 5.41) is 0. The molecular weight excluding hydrogens is 592 g/mol. The van der Waals surface area contributed by atoms with E-state index in [1.165, 1.54) is 19.3 Å². The average molecular weight is 651 g/mol. The van der Waals surface area contributed by atoms with Gasteiger partial charge in [-0.25, -0.2) is 4.79 Å². The molecule has 0 spiro atoms. The number of hydrogen-bond acceptors (Lipinski definition) is 10. The SMILES string of the molecule is CCCCCCCOC(=O)CCC(=O)OCCCCCCOc1ccc(OC)cc1C(=O)OCCCCCCOC1CCCCO1. The van der Waals surface area contributed by atoms with E-state index in [0.29, 0.717) is 50.1 Å². The van der Waals surface area contributed by atoms with E-state index >= 15 is 0 Å². The van der Waals surface area contributed by atoms with Gasteiger partial charge in [0, 0.05) is 13.2 Å². The number of esters is 3. The van der Waals surface area contributed by atoms with Gasteiger partial charge in [0.2, 0.25) is 0 Å². The van der Waals surface area contributed by atoms with Gasteiger partial charge in [-0.2, -0.15) is 0 Å². The summed E-state index contributed by atoms with van der Waals surface area (Å²) < 4.78 is 38.5. The highest BCUT2D eigenvalue weighted by atomic mass is 16.7. The molecule has 262 valence electrons. The van der Waals surface area contributed by atoms with Crippen molar-refractivity contribution < 1.29 is 47.5 Å². The van der Waals surface area contributed by atoms with Gasteiger partial charge in [-0.15, -0.1) is 0 Å². The first-order chi connectivity index (χ1) is 22.5. The molecule has 1 unspecified atom stereocenters. The molecule has 0 bridgehead atoms. The van der Waals surface area contributed by atoms with Crippen LogP contribution >= 0.6 is 0 Å². The summed E-state index contributed by atoms with van der Waals surface area (Å²) in [6, 6.07) is 5.13. The summed E-state index contributed by atoms with van der Waals surface area (Å²) in [5.74, 6) is -0.123. The van der Waals surface area contributed by atoms with Gasteiger partial charge in [-0.3, -0.25) is 9.59 Å². The largest absolute Gasteiger partial charge is 0.497 e. The first kappa shape index (κ1) is 39.3. The van der Waals surface area contributed by atoms with Gasteiger partial charge in [0.05, 0.1) is 46.4 Å². The van der Waals surface area contributed by atoms with E-state index in [2.05, 4.69) is 6.92 Å². The van der Waals surface area contributed by atoms with Gasteiger partial charge >= 0.3 is 17.9 Å². The molecule has 10 nitrogen and oxygen atoms in total.